The Morgan fingerprint density at radius 2 is 2.15 bits per heavy atom. The van der Waals surface area contributed by atoms with Gasteiger partial charge in [-0.25, -0.2) is 9.97 Å². The summed E-state index contributed by atoms with van der Waals surface area (Å²) < 4.78 is 5.52. The Hall–Kier alpha value is -1.36. The third-order valence-corrected chi connectivity index (χ3v) is 4.52. The molecule has 5 heteroatoms. The molecule has 0 atom stereocenters. The summed E-state index contributed by atoms with van der Waals surface area (Å²) in [6, 6.07) is 1.99. The molecule has 1 aromatic rings. The number of rotatable bonds is 3. The smallest absolute Gasteiger partial charge is 0.218 e. The van der Waals surface area contributed by atoms with Gasteiger partial charge in [0.2, 0.25) is 5.88 Å². The maximum absolute atomic E-state index is 5.52. The molecule has 110 valence electrons. The molecule has 0 amide bonds. The lowest BCUT2D eigenvalue weighted by atomic mass is 9.79. The average molecular weight is 276 g/mol. The molecular formula is C15H24N4O. The van der Waals surface area contributed by atoms with Crippen LogP contribution in [0.3, 0.4) is 0 Å². The van der Waals surface area contributed by atoms with Crippen molar-refractivity contribution in [2.75, 3.05) is 31.1 Å². The van der Waals surface area contributed by atoms with Crippen LogP contribution in [0.1, 0.15) is 39.0 Å². The number of hydrogen-bond acceptors (Lipinski definition) is 5. The maximum atomic E-state index is 5.52. The average Bonchev–Trinajstić information content (AvgIpc) is 2.49. The number of piperazine rings is 1. The van der Waals surface area contributed by atoms with Crippen molar-refractivity contribution in [2.24, 2.45) is 0 Å². The highest BCUT2D eigenvalue weighted by Crippen LogP contribution is 2.37. The highest BCUT2D eigenvalue weighted by Gasteiger charge is 2.40. The zero-order chi connectivity index (χ0) is 13.8. The molecule has 1 N–H and O–H groups in total. The van der Waals surface area contributed by atoms with Crippen molar-refractivity contribution in [1.82, 2.24) is 15.3 Å². The van der Waals surface area contributed by atoms with Crippen LogP contribution in [0.5, 0.6) is 5.88 Å². The molecule has 0 radical (unpaired) electrons. The van der Waals surface area contributed by atoms with Gasteiger partial charge in [-0.1, -0.05) is 19.3 Å². The highest BCUT2D eigenvalue weighted by atomic mass is 16.5. The minimum atomic E-state index is 0.244. The second kappa shape index (κ2) is 5.95. The van der Waals surface area contributed by atoms with Crippen LogP contribution < -0.4 is 15.0 Å². The molecule has 3 rings (SSSR count). The summed E-state index contributed by atoms with van der Waals surface area (Å²) in [6.45, 7) is 5.73. The van der Waals surface area contributed by atoms with Crippen LogP contribution in [-0.4, -0.2) is 41.7 Å². The van der Waals surface area contributed by atoms with Crippen LogP contribution in [0.4, 0.5) is 5.82 Å². The van der Waals surface area contributed by atoms with E-state index in [-0.39, 0.29) is 5.54 Å². The van der Waals surface area contributed by atoms with E-state index in [4.69, 9.17) is 4.74 Å². The minimum Gasteiger partial charge on any atom is -0.478 e. The van der Waals surface area contributed by atoms with Crippen molar-refractivity contribution in [3.63, 3.8) is 0 Å². The van der Waals surface area contributed by atoms with E-state index in [0.717, 1.165) is 25.5 Å². The minimum absolute atomic E-state index is 0.244. The fraction of sp³-hybridized carbons (Fsp3) is 0.733. The second-order valence-electron chi connectivity index (χ2n) is 5.76. The normalized spacial score (nSPS) is 21.9. The number of nitrogens with zero attached hydrogens (tertiary/aromatic N) is 3. The van der Waals surface area contributed by atoms with Crippen molar-refractivity contribution in [1.29, 1.82) is 0 Å². The van der Waals surface area contributed by atoms with Gasteiger partial charge in [-0.05, 0) is 19.8 Å². The molecule has 2 heterocycles. The van der Waals surface area contributed by atoms with Crippen LogP contribution in [0.25, 0.3) is 0 Å². The van der Waals surface area contributed by atoms with Crippen molar-refractivity contribution < 1.29 is 4.74 Å². The SMILES string of the molecule is CCOc1cc(N2CCNCC23CCCCC3)ncn1. The van der Waals surface area contributed by atoms with Gasteiger partial charge in [0.15, 0.2) is 0 Å². The van der Waals surface area contributed by atoms with Crippen LogP contribution in [-0.2, 0) is 0 Å². The summed E-state index contributed by atoms with van der Waals surface area (Å²) >= 11 is 0. The molecule has 20 heavy (non-hydrogen) atoms. The van der Waals surface area contributed by atoms with Crippen LogP contribution >= 0.6 is 0 Å². The molecule has 1 saturated heterocycles. The summed E-state index contributed by atoms with van der Waals surface area (Å²) in [6.07, 6.45) is 8.15. The molecule has 1 saturated carbocycles. The molecule has 2 aliphatic rings. The Morgan fingerprint density at radius 3 is 2.95 bits per heavy atom. The predicted octanol–water partition coefficient (Wildman–Crippen LogP) is 1.99. The summed E-state index contributed by atoms with van der Waals surface area (Å²) in [5.41, 5.74) is 0.244. The number of aromatic nitrogens is 2. The lowest BCUT2D eigenvalue weighted by Gasteiger charge is -2.50. The van der Waals surface area contributed by atoms with Gasteiger partial charge in [-0.2, -0.15) is 0 Å². The number of nitrogens with one attached hydrogen (secondary N) is 1. The van der Waals surface area contributed by atoms with Gasteiger partial charge in [0, 0.05) is 25.7 Å². The summed E-state index contributed by atoms with van der Waals surface area (Å²) in [5.74, 6) is 1.70. The van der Waals surface area contributed by atoms with Gasteiger partial charge in [-0.15, -0.1) is 0 Å². The Kier molecular flexibility index (Phi) is 4.05. The van der Waals surface area contributed by atoms with E-state index in [1.54, 1.807) is 6.33 Å². The van der Waals surface area contributed by atoms with E-state index in [2.05, 4.69) is 20.2 Å². The molecule has 0 unspecified atom stereocenters. The third kappa shape index (κ3) is 2.59. The van der Waals surface area contributed by atoms with Crippen molar-refractivity contribution in [3.8, 4) is 5.88 Å². The first kappa shape index (κ1) is 13.6. The number of anilines is 1. The predicted molar refractivity (Wildman–Crippen MR) is 79.2 cm³/mol. The Balaban J connectivity index is 1.87. The summed E-state index contributed by atoms with van der Waals surface area (Å²) in [7, 11) is 0. The molecular weight excluding hydrogens is 252 g/mol. The molecule has 1 aliphatic carbocycles. The van der Waals surface area contributed by atoms with E-state index < -0.39 is 0 Å². The van der Waals surface area contributed by atoms with Crippen LogP contribution in [0, 0.1) is 0 Å². The molecule has 1 spiro atoms. The number of ether oxygens (including phenoxy) is 1. The van der Waals surface area contributed by atoms with Gasteiger partial charge < -0.3 is 15.0 Å². The zero-order valence-electron chi connectivity index (χ0n) is 12.3. The van der Waals surface area contributed by atoms with E-state index in [1.807, 2.05) is 13.0 Å². The molecule has 2 fully saturated rings. The first-order valence-corrected chi connectivity index (χ1v) is 7.77. The first-order chi connectivity index (χ1) is 9.84. The lowest BCUT2D eigenvalue weighted by Crippen LogP contribution is -2.62. The standard InChI is InChI=1S/C15H24N4O/c1-2-20-14-10-13(17-12-18-14)19-9-8-16-11-15(19)6-4-3-5-7-15/h10,12,16H,2-9,11H2,1H3. The van der Waals surface area contributed by atoms with E-state index in [9.17, 15) is 0 Å². The fourth-order valence-electron chi connectivity index (χ4n) is 3.56. The lowest BCUT2D eigenvalue weighted by molar-refractivity contribution is 0.239. The molecule has 5 nitrogen and oxygen atoms in total. The van der Waals surface area contributed by atoms with E-state index in [0.29, 0.717) is 12.5 Å². The maximum Gasteiger partial charge on any atom is 0.218 e. The second-order valence-corrected chi connectivity index (χ2v) is 5.76. The van der Waals surface area contributed by atoms with Gasteiger partial charge >= 0.3 is 0 Å². The monoisotopic (exact) mass is 276 g/mol. The Labute approximate surface area is 120 Å². The Morgan fingerprint density at radius 1 is 1.30 bits per heavy atom. The van der Waals surface area contributed by atoms with Crippen molar-refractivity contribution >= 4 is 5.82 Å². The molecule has 0 aromatic carbocycles. The topological polar surface area (TPSA) is 50.3 Å². The van der Waals surface area contributed by atoms with E-state index in [1.165, 1.54) is 32.1 Å². The van der Waals surface area contributed by atoms with Crippen molar-refractivity contribution in [3.05, 3.63) is 12.4 Å². The van der Waals surface area contributed by atoms with Gasteiger partial charge in [0.05, 0.1) is 12.1 Å². The van der Waals surface area contributed by atoms with E-state index >= 15 is 0 Å². The number of hydrogen-bond donors (Lipinski definition) is 1. The molecule has 1 aliphatic heterocycles. The summed E-state index contributed by atoms with van der Waals surface area (Å²) in [5, 5.41) is 3.57. The quantitative estimate of drug-likeness (QED) is 0.915. The van der Waals surface area contributed by atoms with Crippen molar-refractivity contribution in [2.45, 2.75) is 44.6 Å². The third-order valence-electron chi connectivity index (χ3n) is 4.52. The molecule has 1 aromatic heterocycles. The summed E-state index contributed by atoms with van der Waals surface area (Å²) in [4.78, 5) is 11.2. The van der Waals surface area contributed by atoms with Gasteiger partial charge in [-0.3, -0.25) is 0 Å². The van der Waals surface area contributed by atoms with Gasteiger partial charge in [0.25, 0.3) is 0 Å². The molecule has 0 bridgehead atoms. The fourth-order valence-corrected chi connectivity index (χ4v) is 3.56. The first-order valence-electron chi connectivity index (χ1n) is 7.77. The Bertz CT molecular complexity index is 437. The van der Waals surface area contributed by atoms with Crippen LogP contribution in [0.2, 0.25) is 0 Å². The largest absolute Gasteiger partial charge is 0.478 e. The highest BCUT2D eigenvalue weighted by molar-refractivity contribution is 5.45. The van der Waals surface area contributed by atoms with Crippen LogP contribution in [0.15, 0.2) is 12.4 Å². The van der Waals surface area contributed by atoms with Gasteiger partial charge in [0.1, 0.15) is 12.1 Å². The zero-order valence-corrected chi connectivity index (χ0v) is 12.3.